The Kier molecular flexibility index (Phi) is 5.64. The fourth-order valence-electron chi connectivity index (χ4n) is 2.46. The molecule has 7 heteroatoms. The lowest BCUT2D eigenvalue weighted by Crippen LogP contribution is -2.28. The number of nitrogens with one attached hydrogen (secondary N) is 2. The maximum Gasteiger partial charge on any atom is 0.240 e. The van der Waals surface area contributed by atoms with E-state index in [9.17, 15) is 9.59 Å². The first-order valence-electron chi connectivity index (χ1n) is 8.09. The van der Waals surface area contributed by atoms with E-state index in [0.717, 1.165) is 16.8 Å². The van der Waals surface area contributed by atoms with Crippen LogP contribution < -0.4 is 10.6 Å². The fraction of sp³-hybridized carbons (Fsp3) is 0.211. The molecule has 1 saturated heterocycles. The van der Waals surface area contributed by atoms with Crippen molar-refractivity contribution < 1.29 is 9.59 Å². The third-order valence-electron chi connectivity index (χ3n) is 3.84. The summed E-state index contributed by atoms with van der Waals surface area (Å²) < 4.78 is 0. The molecule has 0 spiro atoms. The lowest BCUT2D eigenvalue weighted by atomic mass is 10.2. The molecule has 0 unspecified atom stereocenters. The molecule has 3 rings (SSSR count). The van der Waals surface area contributed by atoms with E-state index >= 15 is 0 Å². The highest BCUT2D eigenvalue weighted by molar-refractivity contribution is 8.15. The number of aryl methyl sites for hydroxylation is 2. The molecule has 0 aliphatic carbocycles. The number of carbonyl (C=O) groups excluding carboxylic acids is 2. The summed E-state index contributed by atoms with van der Waals surface area (Å²) >= 11 is 7.33. The molecule has 2 aromatic rings. The van der Waals surface area contributed by atoms with Crippen LogP contribution in [0.3, 0.4) is 0 Å². The van der Waals surface area contributed by atoms with Gasteiger partial charge in [0.2, 0.25) is 11.8 Å². The zero-order valence-electron chi connectivity index (χ0n) is 14.4. The van der Waals surface area contributed by atoms with Gasteiger partial charge in [0.05, 0.1) is 5.69 Å². The molecule has 0 bridgehead atoms. The summed E-state index contributed by atoms with van der Waals surface area (Å²) in [4.78, 5) is 28.8. The Labute approximate surface area is 161 Å². The number of aliphatic imine (C=N–C) groups is 1. The molecular formula is C19H18ClN3O2S. The predicted octanol–water partition coefficient (Wildman–Crippen LogP) is 4.20. The molecular weight excluding hydrogens is 370 g/mol. The van der Waals surface area contributed by atoms with Crippen molar-refractivity contribution in [1.29, 1.82) is 0 Å². The van der Waals surface area contributed by atoms with Crippen molar-refractivity contribution in [3.63, 3.8) is 0 Å². The quantitative estimate of drug-likeness (QED) is 0.825. The largest absolute Gasteiger partial charge is 0.326 e. The van der Waals surface area contributed by atoms with Crippen LogP contribution in [0.15, 0.2) is 47.5 Å². The minimum absolute atomic E-state index is 0.0643. The molecule has 1 aliphatic rings. The van der Waals surface area contributed by atoms with Gasteiger partial charge in [-0.1, -0.05) is 41.6 Å². The van der Waals surface area contributed by atoms with Crippen molar-refractivity contribution in [3.05, 3.63) is 58.6 Å². The summed E-state index contributed by atoms with van der Waals surface area (Å²) in [6.45, 7) is 3.87. The second kappa shape index (κ2) is 7.93. The Bertz CT molecular complexity index is 898. The zero-order chi connectivity index (χ0) is 18.7. The molecule has 2 aromatic carbocycles. The van der Waals surface area contributed by atoms with Crippen LogP contribution in [0, 0.1) is 13.8 Å². The lowest BCUT2D eigenvalue weighted by Gasteiger charge is -2.08. The molecule has 134 valence electrons. The van der Waals surface area contributed by atoms with Crippen LogP contribution in [-0.4, -0.2) is 22.2 Å². The van der Waals surface area contributed by atoms with Gasteiger partial charge in [0, 0.05) is 17.1 Å². The number of anilines is 1. The predicted molar refractivity (Wildman–Crippen MR) is 107 cm³/mol. The van der Waals surface area contributed by atoms with Gasteiger partial charge < -0.3 is 10.6 Å². The molecule has 2 amide bonds. The van der Waals surface area contributed by atoms with Gasteiger partial charge in [-0.05, 0) is 49.2 Å². The molecule has 0 radical (unpaired) electrons. The standard InChI is InChI=1S/C19H18ClN3O2S/c1-11-4-3-5-13(8-11)22-19-23-18(25)16(26-19)10-17(24)21-14-7-6-12(2)15(20)9-14/h3-9,16H,10H2,1-2H3,(H,21,24)(H,22,23,25)/t16-/m0/s1. The van der Waals surface area contributed by atoms with E-state index in [2.05, 4.69) is 15.6 Å². The monoisotopic (exact) mass is 387 g/mol. The number of carbonyl (C=O) groups is 2. The van der Waals surface area contributed by atoms with Gasteiger partial charge in [-0.25, -0.2) is 4.99 Å². The van der Waals surface area contributed by atoms with Crippen LogP contribution in [0.2, 0.25) is 5.02 Å². The number of hydrogen-bond donors (Lipinski definition) is 2. The number of nitrogens with zero attached hydrogens (tertiary/aromatic N) is 1. The Morgan fingerprint density at radius 2 is 2.08 bits per heavy atom. The molecule has 0 saturated carbocycles. The van der Waals surface area contributed by atoms with Crippen LogP contribution in [0.1, 0.15) is 17.5 Å². The Balaban J connectivity index is 1.62. The Hall–Kier alpha value is -2.31. The van der Waals surface area contributed by atoms with Crippen molar-refractivity contribution in [2.45, 2.75) is 25.5 Å². The van der Waals surface area contributed by atoms with Gasteiger partial charge in [-0.2, -0.15) is 0 Å². The second-order valence-corrected chi connectivity index (χ2v) is 7.67. The fourth-order valence-corrected chi connectivity index (χ4v) is 3.63. The van der Waals surface area contributed by atoms with Crippen LogP contribution in [0.25, 0.3) is 0 Å². The minimum Gasteiger partial charge on any atom is -0.326 e. The number of rotatable bonds is 4. The summed E-state index contributed by atoms with van der Waals surface area (Å²) in [7, 11) is 0. The highest BCUT2D eigenvalue weighted by Crippen LogP contribution is 2.26. The van der Waals surface area contributed by atoms with Crippen LogP contribution in [0.5, 0.6) is 0 Å². The number of thioether (sulfide) groups is 1. The average Bonchev–Trinajstić information content (AvgIpc) is 2.90. The number of benzene rings is 2. The maximum absolute atomic E-state index is 12.2. The zero-order valence-corrected chi connectivity index (χ0v) is 15.9. The number of amidine groups is 1. The van der Waals surface area contributed by atoms with Gasteiger partial charge in [0.15, 0.2) is 5.17 Å². The normalized spacial score (nSPS) is 18.0. The third-order valence-corrected chi connectivity index (χ3v) is 5.32. The molecule has 5 nitrogen and oxygen atoms in total. The molecule has 0 aromatic heterocycles. The first kappa shape index (κ1) is 18.5. The SMILES string of the molecule is Cc1cccc(N=C2NC(=O)[C@H](CC(=O)Nc3ccc(C)c(Cl)c3)S2)c1. The van der Waals surface area contributed by atoms with Crippen molar-refractivity contribution in [2.75, 3.05) is 5.32 Å². The summed E-state index contributed by atoms with van der Waals surface area (Å²) in [5.41, 5.74) is 3.41. The van der Waals surface area contributed by atoms with E-state index in [1.807, 2.05) is 44.2 Å². The van der Waals surface area contributed by atoms with Gasteiger partial charge in [-0.15, -0.1) is 0 Å². The first-order valence-corrected chi connectivity index (χ1v) is 9.35. The van der Waals surface area contributed by atoms with Crippen LogP contribution in [-0.2, 0) is 9.59 Å². The van der Waals surface area contributed by atoms with E-state index < -0.39 is 5.25 Å². The summed E-state index contributed by atoms with van der Waals surface area (Å²) in [5.74, 6) is -0.451. The Morgan fingerprint density at radius 1 is 1.27 bits per heavy atom. The molecule has 1 heterocycles. The number of hydrogen-bond acceptors (Lipinski definition) is 4. The van der Waals surface area contributed by atoms with E-state index in [4.69, 9.17) is 11.6 Å². The topological polar surface area (TPSA) is 70.6 Å². The van der Waals surface area contributed by atoms with Crippen molar-refractivity contribution in [1.82, 2.24) is 5.32 Å². The van der Waals surface area contributed by atoms with E-state index in [0.29, 0.717) is 15.9 Å². The Morgan fingerprint density at radius 3 is 2.81 bits per heavy atom. The van der Waals surface area contributed by atoms with E-state index in [1.165, 1.54) is 11.8 Å². The minimum atomic E-state index is -0.500. The maximum atomic E-state index is 12.2. The van der Waals surface area contributed by atoms with Crippen molar-refractivity contribution in [3.8, 4) is 0 Å². The van der Waals surface area contributed by atoms with Crippen molar-refractivity contribution >= 4 is 51.7 Å². The highest BCUT2D eigenvalue weighted by Gasteiger charge is 2.32. The van der Waals surface area contributed by atoms with Gasteiger partial charge in [-0.3, -0.25) is 9.59 Å². The van der Waals surface area contributed by atoms with Crippen LogP contribution >= 0.6 is 23.4 Å². The van der Waals surface area contributed by atoms with Gasteiger partial charge in [0.1, 0.15) is 5.25 Å². The molecule has 1 aliphatic heterocycles. The third kappa shape index (κ3) is 4.65. The molecule has 1 atom stereocenters. The van der Waals surface area contributed by atoms with E-state index in [-0.39, 0.29) is 18.2 Å². The van der Waals surface area contributed by atoms with Gasteiger partial charge >= 0.3 is 0 Å². The average molecular weight is 388 g/mol. The molecule has 1 fully saturated rings. The second-order valence-electron chi connectivity index (χ2n) is 6.07. The van der Waals surface area contributed by atoms with E-state index in [1.54, 1.807) is 12.1 Å². The lowest BCUT2D eigenvalue weighted by molar-refractivity contribution is -0.122. The summed E-state index contributed by atoms with van der Waals surface area (Å²) in [5, 5.41) is 6.10. The first-order chi connectivity index (χ1) is 12.4. The van der Waals surface area contributed by atoms with Gasteiger partial charge in [0.25, 0.3) is 0 Å². The number of halogens is 1. The summed E-state index contributed by atoms with van der Waals surface area (Å²) in [6.07, 6.45) is 0.0643. The number of amides is 2. The smallest absolute Gasteiger partial charge is 0.240 e. The highest BCUT2D eigenvalue weighted by atomic mass is 35.5. The molecule has 2 N–H and O–H groups in total. The molecule has 26 heavy (non-hydrogen) atoms. The van der Waals surface area contributed by atoms with Crippen molar-refractivity contribution in [2.24, 2.45) is 4.99 Å². The van der Waals surface area contributed by atoms with Crippen LogP contribution in [0.4, 0.5) is 11.4 Å². The summed E-state index contributed by atoms with van der Waals surface area (Å²) in [6, 6.07) is 13.0.